The summed E-state index contributed by atoms with van der Waals surface area (Å²) in [7, 11) is 0. The first-order valence-corrected chi connectivity index (χ1v) is 8.84. The van der Waals surface area contributed by atoms with Crippen LogP contribution in [0.1, 0.15) is 49.3 Å². The maximum absolute atomic E-state index is 5.53. The minimum atomic E-state index is 0.0554. The van der Waals surface area contributed by atoms with Gasteiger partial charge in [0.1, 0.15) is 11.6 Å². The molecule has 0 N–H and O–H groups in total. The van der Waals surface area contributed by atoms with Gasteiger partial charge < -0.3 is 9.09 Å². The third-order valence-electron chi connectivity index (χ3n) is 5.13. The predicted molar refractivity (Wildman–Crippen MR) is 90.6 cm³/mol. The van der Waals surface area contributed by atoms with E-state index in [1.807, 2.05) is 30.3 Å². The second-order valence-corrected chi connectivity index (χ2v) is 6.87. The van der Waals surface area contributed by atoms with Gasteiger partial charge in [-0.3, -0.25) is 4.90 Å². The van der Waals surface area contributed by atoms with Gasteiger partial charge in [-0.2, -0.15) is 4.98 Å². The summed E-state index contributed by atoms with van der Waals surface area (Å²) in [5, 5.41) is 12.9. The summed E-state index contributed by atoms with van der Waals surface area (Å²) in [6.07, 6.45) is 2.50. The zero-order valence-corrected chi connectivity index (χ0v) is 14.2. The van der Waals surface area contributed by atoms with Gasteiger partial charge in [-0.25, -0.2) is 0 Å². The molecule has 2 aliphatic rings. The van der Waals surface area contributed by atoms with E-state index >= 15 is 0 Å². The van der Waals surface area contributed by atoms with E-state index in [1.165, 1.54) is 18.7 Å². The molecule has 128 valence electrons. The van der Waals surface area contributed by atoms with Crippen molar-refractivity contribution in [2.24, 2.45) is 0 Å². The Morgan fingerprint density at radius 3 is 2.76 bits per heavy atom. The summed E-state index contributed by atoms with van der Waals surface area (Å²) in [5.41, 5.74) is 0.970. The third-order valence-corrected chi connectivity index (χ3v) is 5.13. The highest BCUT2D eigenvalue weighted by Crippen LogP contribution is 2.40. The number of hydrogen-bond donors (Lipinski definition) is 0. The van der Waals surface area contributed by atoms with E-state index in [-0.39, 0.29) is 6.04 Å². The Morgan fingerprint density at radius 2 is 1.96 bits per heavy atom. The molecule has 7 heteroatoms. The second kappa shape index (κ2) is 5.77. The minimum absolute atomic E-state index is 0.0554. The SMILES string of the molecule is C[C@@H](c1nc(-c2ccccc2)no1)N1CCn2c(nnc2C2CC2)C1. The molecule has 7 nitrogen and oxygen atoms in total. The van der Waals surface area contributed by atoms with E-state index in [0.29, 0.717) is 17.6 Å². The van der Waals surface area contributed by atoms with E-state index in [4.69, 9.17) is 4.52 Å². The maximum Gasteiger partial charge on any atom is 0.244 e. The van der Waals surface area contributed by atoms with Gasteiger partial charge in [0.15, 0.2) is 0 Å². The summed E-state index contributed by atoms with van der Waals surface area (Å²) >= 11 is 0. The topological polar surface area (TPSA) is 72.9 Å². The Kier molecular flexibility index (Phi) is 3.41. The molecule has 1 aromatic carbocycles. The van der Waals surface area contributed by atoms with Crippen molar-refractivity contribution in [3.8, 4) is 11.4 Å². The van der Waals surface area contributed by atoms with Gasteiger partial charge in [-0.05, 0) is 19.8 Å². The smallest absolute Gasteiger partial charge is 0.244 e. The average Bonchev–Trinajstić information content (AvgIpc) is 3.22. The zero-order chi connectivity index (χ0) is 16.8. The number of nitrogens with zero attached hydrogens (tertiary/aromatic N) is 6. The van der Waals surface area contributed by atoms with Crippen molar-refractivity contribution in [2.45, 2.75) is 44.8 Å². The number of hydrogen-bond acceptors (Lipinski definition) is 6. The molecule has 1 aliphatic carbocycles. The van der Waals surface area contributed by atoms with Crippen molar-refractivity contribution in [3.05, 3.63) is 47.9 Å². The first-order valence-electron chi connectivity index (χ1n) is 8.84. The molecule has 0 spiro atoms. The lowest BCUT2D eigenvalue weighted by atomic mass is 10.2. The third kappa shape index (κ3) is 2.64. The molecular weight excluding hydrogens is 316 g/mol. The normalized spacial score (nSPS) is 18.9. The van der Waals surface area contributed by atoms with E-state index in [0.717, 1.165) is 31.0 Å². The summed E-state index contributed by atoms with van der Waals surface area (Å²) < 4.78 is 7.83. The molecule has 1 atom stereocenters. The van der Waals surface area contributed by atoms with Crippen LogP contribution in [0.3, 0.4) is 0 Å². The van der Waals surface area contributed by atoms with Crippen molar-refractivity contribution >= 4 is 0 Å². The van der Waals surface area contributed by atoms with E-state index in [9.17, 15) is 0 Å². The summed E-state index contributed by atoms with van der Waals surface area (Å²) in [6, 6.07) is 9.96. The largest absolute Gasteiger partial charge is 0.337 e. The molecule has 25 heavy (non-hydrogen) atoms. The fraction of sp³-hybridized carbons (Fsp3) is 0.444. The number of benzene rings is 1. The first-order chi connectivity index (χ1) is 12.3. The lowest BCUT2D eigenvalue weighted by Gasteiger charge is -2.30. The van der Waals surface area contributed by atoms with Crippen molar-refractivity contribution in [1.82, 2.24) is 29.8 Å². The average molecular weight is 336 g/mol. The molecule has 0 amide bonds. The minimum Gasteiger partial charge on any atom is -0.337 e. The van der Waals surface area contributed by atoms with Crippen molar-refractivity contribution in [3.63, 3.8) is 0 Å². The van der Waals surface area contributed by atoms with Crippen molar-refractivity contribution in [2.75, 3.05) is 6.54 Å². The van der Waals surface area contributed by atoms with Gasteiger partial charge in [0, 0.05) is 24.6 Å². The van der Waals surface area contributed by atoms with Gasteiger partial charge in [0.2, 0.25) is 11.7 Å². The molecule has 3 heterocycles. The maximum atomic E-state index is 5.53. The molecule has 1 aliphatic heterocycles. The van der Waals surface area contributed by atoms with Crippen LogP contribution in [0.4, 0.5) is 0 Å². The molecular formula is C18H20N6O. The van der Waals surface area contributed by atoms with Gasteiger partial charge >= 0.3 is 0 Å². The zero-order valence-electron chi connectivity index (χ0n) is 14.2. The van der Waals surface area contributed by atoms with Crippen LogP contribution in [-0.4, -0.2) is 36.3 Å². The Labute approximate surface area is 145 Å². The Bertz CT molecular complexity index is 882. The van der Waals surface area contributed by atoms with E-state index in [1.54, 1.807) is 0 Å². The molecule has 0 unspecified atom stereocenters. The molecule has 2 aromatic heterocycles. The lowest BCUT2D eigenvalue weighted by molar-refractivity contribution is 0.135. The monoisotopic (exact) mass is 336 g/mol. The molecule has 1 fully saturated rings. The van der Waals surface area contributed by atoms with Gasteiger partial charge in [0.05, 0.1) is 12.6 Å². The predicted octanol–water partition coefficient (Wildman–Crippen LogP) is 2.78. The molecule has 3 aromatic rings. The Hall–Kier alpha value is -2.54. The van der Waals surface area contributed by atoms with Crippen LogP contribution in [-0.2, 0) is 13.1 Å². The Balaban J connectivity index is 1.34. The summed E-state index contributed by atoms with van der Waals surface area (Å²) in [5.74, 6) is 4.14. The van der Waals surface area contributed by atoms with Crippen LogP contribution in [0.2, 0.25) is 0 Å². The van der Waals surface area contributed by atoms with Gasteiger partial charge in [0.25, 0.3) is 0 Å². The summed E-state index contributed by atoms with van der Waals surface area (Å²) in [6.45, 7) is 4.74. The second-order valence-electron chi connectivity index (χ2n) is 6.87. The first kappa shape index (κ1) is 14.8. The van der Waals surface area contributed by atoms with Gasteiger partial charge in [-0.1, -0.05) is 35.5 Å². The van der Waals surface area contributed by atoms with Crippen LogP contribution >= 0.6 is 0 Å². The fourth-order valence-corrected chi connectivity index (χ4v) is 3.44. The van der Waals surface area contributed by atoms with Crippen LogP contribution in [0.15, 0.2) is 34.9 Å². The molecule has 0 saturated heterocycles. The molecule has 1 saturated carbocycles. The highest BCUT2D eigenvalue weighted by atomic mass is 16.5. The number of rotatable bonds is 4. The summed E-state index contributed by atoms with van der Waals surface area (Å²) in [4.78, 5) is 6.92. The number of aromatic nitrogens is 5. The highest BCUT2D eigenvalue weighted by Gasteiger charge is 2.33. The highest BCUT2D eigenvalue weighted by molar-refractivity contribution is 5.53. The fourth-order valence-electron chi connectivity index (χ4n) is 3.44. The van der Waals surface area contributed by atoms with Crippen LogP contribution < -0.4 is 0 Å². The molecule has 0 bridgehead atoms. The molecule has 0 radical (unpaired) electrons. The standard InChI is InChI=1S/C18H20N6O/c1-12(18-19-16(22-25-18)13-5-3-2-4-6-13)23-9-10-24-15(11-23)20-21-17(24)14-7-8-14/h2-6,12,14H,7-11H2,1H3/t12-/m0/s1. The van der Waals surface area contributed by atoms with Crippen molar-refractivity contribution in [1.29, 1.82) is 0 Å². The van der Waals surface area contributed by atoms with Crippen LogP contribution in [0.25, 0.3) is 11.4 Å². The number of fused-ring (bicyclic) bond motifs is 1. The van der Waals surface area contributed by atoms with E-state index < -0.39 is 0 Å². The van der Waals surface area contributed by atoms with Crippen molar-refractivity contribution < 1.29 is 4.52 Å². The molecule has 5 rings (SSSR count). The van der Waals surface area contributed by atoms with Gasteiger partial charge in [-0.15, -0.1) is 10.2 Å². The van der Waals surface area contributed by atoms with Crippen LogP contribution in [0.5, 0.6) is 0 Å². The Morgan fingerprint density at radius 1 is 1.12 bits per heavy atom. The van der Waals surface area contributed by atoms with E-state index in [2.05, 4.69) is 36.7 Å². The van der Waals surface area contributed by atoms with Crippen LogP contribution in [0, 0.1) is 0 Å². The quantitative estimate of drug-likeness (QED) is 0.729. The lowest BCUT2D eigenvalue weighted by Crippen LogP contribution is -2.36.